The number of nitrogens with one attached hydrogen (secondary N) is 3. The van der Waals surface area contributed by atoms with Crippen LogP contribution in [0.2, 0.25) is 5.02 Å². The highest BCUT2D eigenvalue weighted by molar-refractivity contribution is 6.31. The van der Waals surface area contributed by atoms with E-state index in [4.69, 9.17) is 22.1 Å². The molecule has 0 fully saturated rings. The number of guanidine groups is 1. The molecule has 1 aromatic heterocycles. The zero-order valence-electron chi connectivity index (χ0n) is 12.9. The van der Waals surface area contributed by atoms with E-state index in [0.29, 0.717) is 28.6 Å². The van der Waals surface area contributed by atoms with Crippen molar-refractivity contribution in [3.8, 4) is 5.75 Å². The average molecular weight is 337 g/mol. The molecule has 122 valence electrons. The molecule has 0 atom stereocenters. The van der Waals surface area contributed by atoms with Crippen molar-refractivity contribution >= 4 is 29.2 Å². The number of nitrogens with zero attached hydrogens (tertiary/aromatic N) is 1. The van der Waals surface area contributed by atoms with Crippen LogP contribution in [0.5, 0.6) is 5.75 Å². The van der Waals surface area contributed by atoms with Crippen molar-refractivity contribution in [2.75, 3.05) is 12.4 Å². The van der Waals surface area contributed by atoms with Gasteiger partial charge in [-0.3, -0.25) is 10.1 Å². The lowest BCUT2D eigenvalue weighted by Gasteiger charge is -2.08. The number of anilines is 1. The van der Waals surface area contributed by atoms with Gasteiger partial charge in [-0.05, 0) is 31.0 Å². The van der Waals surface area contributed by atoms with E-state index in [9.17, 15) is 4.79 Å². The predicted octanol–water partition coefficient (Wildman–Crippen LogP) is 0.523. The normalized spacial score (nSPS) is 11.3. The van der Waals surface area contributed by atoms with Gasteiger partial charge in [0.25, 0.3) is 11.5 Å². The minimum atomic E-state index is -0.237. The first-order valence-electron chi connectivity index (χ1n) is 7.12. The van der Waals surface area contributed by atoms with Gasteiger partial charge in [-0.2, -0.15) is 0 Å². The number of H-pyrrole nitrogens is 1. The molecule has 0 bridgehead atoms. The largest absolute Gasteiger partial charge is 0.494 e. The maximum atomic E-state index is 11.6. The summed E-state index contributed by atoms with van der Waals surface area (Å²) < 4.78 is 5.23. The number of aromatic nitrogens is 2. The summed E-state index contributed by atoms with van der Waals surface area (Å²) in [5, 5.41) is 3.47. The molecule has 0 unspecified atom stereocenters. The highest BCUT2D eigenvalue weighted by Crippen LogP contribution is 2.27. The van der Waals surface area contributed by atoms with Crippen LogP contribution in [0.15, 0.2) is 29.1 Å². The molecule has 1 aromatic carbocycles. The number of nitrogens with two attached hydrogens (primary N) is 1. The SMILES string of the molecule is CCCc1cc(=O)[nH]c([NH+]=C(N)Nc2cc(Cl)ccc2OC)n1. The van der Waals surface area contributed by atoms with Crippen molar-refractivity contribution in [1.29, 1.82) is 0 Å². The lowest BCUT2D eigenvalue weighted by molar-refractivity contribution is -0.365. The molecule has 0 aliphatic rings. The summed E-state index contributed by atoms with van der Waals surface area (Å²) in [6, 6.07) is 6.58. The Morgan fingerprint density at radius 3 is 2.96 bits per heavy atom. The Kier molecular flexibility index (Phi) is 5.59. The van der Waals surface area contributed by atoms with Crippen molar-refractivity contribution in [2.45, 2.75) is 19.8 Å². The molecule has 0 radical (unpaired) electrons. The van der Waals surface area contributed by atoms with Crippen molar-refractivity contribution in [3.63, 3.8) is 0 Å². The third-order valence-electron chi connectivity index (χ3n) is 2.98. The van der Waals surface area contributed by atoms with Crippen LogP contribution >= 0.6 is 11.6 Å². The molecule has 0 amide bonds. The summed E-state index contributed by atoms with van der Waals surface area (Å²) in [6.07, 6.45) is 1.61. The van der Waals surface area contributed by atoms with E-state index in [1.54, 1.807) is 25.3 Å². The number of aryl methyl sites for hydroxylation is 1. The Morgan fingerprint density at radius 2 is 2.26 bits per heavy atom. The molecule has 0 spiro atoms. The summed E-state index contributed by atoms with van der Waals surface area (Å²) >= 11 is 5.97. The number of aromatic amines is 1. The van der Waals surface area contributed by atoms with E-state index >= 15 is 0 Å². The van der Waals surface area contributed by atoms with Gasteiger partial charge in [0.05, 0.1) is 12.8 Å². The van der Waals surface area contributed by atoms with Crippen molar-refractivity contribution in [1.82, 2.24) is 9.97 Å². The minimum Gasteiger partial charge on any atom is -0.494 e. The summed E-state index contributed by atoms with van der Waals surface area (Å²) in [5.41, 5.74) is 6.98. The molecule has 2 aromatic rings. The molecule has 0 aliphatic carbocycles. The first-order valence-corrected chi connectivity index (χ1v) is 7.50. The van der Waals surface area contributed by atoms with Gasteiger partial charge in [0.2, 0.25) is 0 Å². The fourth-order valence-corrected chi connectivity index (χ4v) is 2.21. The number of hydrogen-bond donors (Lipinski definition) is 4. The number of rotatable bonds is 5. The van der Waals surface area contributed by atoms with Crippen LogP contribution in [-0.2, 0) is 6.42 Å². The predicted molar refractivity (Wildman–Crippen MR) is 90.3 cm³/mol. The van der Waals surface area contributed by atoms with Crippen molar-refractivity contribution in [3.05, 3.63) is 45.3 Å². The van der Waals surface area contributed by atoms with Crippen LogP contribution in [0.1, 0.15) is 19.0 Å². The van der Waals surface area contributed by atoms with Crippen LogP contribution in [0.4, 0.5) is 11.6 Å². The van der Waals surface area contributed by atoms with E-state index in [1.807, 2.05) is 6.92 Å². The summed E-state index contributed by atoms with van der Waals surface area (Å²) in [6.45, 7) is 2.02. The van der Waals surface area contributed by atoms with Gasteiger partial charge in [-0.1, -0.05) is 18.5 Å². The van der Waals surface area contributed by atoms with Gasteiger partial charge in [0.15, 0.2) is 5.75 Å². The molecule has 23 heavy (non-hydrogen) atoms. The molecule has 0 aliphatic heterocycles. The van der Waals surface area contributed by atoms with E-state index < -0.39 is 0 Å². The summed E-state index contributed by atoms with van der Waals surface area (Å²) in [5.74, 6) is 1.04. The summed E-state index contributed by atoms with van der Waals surface area (Å²) in [4.78, 5) is 21.3. The number of halogens is 1. The zero-order chi connectivity index (χ0) is 16.8. The second kappa shape index (κ2) is 7.64. The average Bonchev–Trinajstić information content (AvgIpc) is 2.47. The Morgan fingerprint density at radius 1 is 1.48 bits per heavy atom. The van der Waals surface area contributed by atoms with Crippen LogP contribution in [-0.4, -0.2) is 23.0 Å². The van der Waals surface area contributed by atoms with Crippen molar-refractivity contribution < 1.29 is 9.73 Å². The summed E-state index contributed by atoms with van der Waals surface area (Å²) in [7, 11) is 1.55. The molecule has 5 N–H and O–H groups in total. The molecule has 7 nitrogen and oxygen atoms in total. The molecular formula is C15H19ClN5O2+. The van der Waals surface area contributed by atoms with E-state index in [0.717, 1.165) is 6.42 Å². The highest BCUT2D eigenvalue weighted by Gasteiger charge is 2.09. The smallest absolute Gasteiger partial charge is 0.325 e. The van der Waals surface area contributed by atoms with E-state index in [-0.39, 0.29) is 17.5 Å². The van der Waals surface area contributed by atoms with Gasteiger partial charge < -0.3 is 10.5 Å². The number of benzene rings is 1. The first kappa shape index (κ1) is 16.8. The van der Waals surface area contributed by atoms with Crippen LogP contribution in [0.3, 0.4) is 0 Å². The monoisotopic (exact) mass is 336 g/mol. The van der Waals surface area contributed by atoms with Gasteiger partial charge in [-0.15, -0.1) is 4.98 Å². The lowest BCUT2D eigenvalue weighted by atomic mass is 10.2. The van der Waals surface area contributed by atoms with E-state index in [2.05, 4.69) is 20.3 Å². The molecule has 2 rings (SSSR count). The maximum Gasteiger partial charge on any atom is 0.325 e. The van der Waals surface area contributed by atoms with E-state index in [1.165, 1.54) is 6.07 Å². The third kappa shape index (κ3) is 4.72. The van der Waals surface area contributed by atoms with Gasteiger partial charge in [-0.25, -0.2) is 9.98 Å². The highest BCUT2D eigenvalue weighted by atomic mass is 35.5. The van der Waals surface area contributed by atoms with Crippen LogP contribution in [0.25, 0.3) is 0 Å². The molecule has 1 heterocycles. The van der Waals surface area contributed by atoms with Crippen LogP contribution < -0.4 is 26.3 Å². The topological polar surface area (TPSA) is 107 Å². The maximum absolute atomic E-state index is 11.6. The fourth-order valence-electron chi connectivity index (χ4n) is 2.03. The quantitative estimate of drug-likeness (QED) is 0.470. The van der Waals surface area contributed by atoms with Gasteiger partial charge >= 0.3 is 5.95 Å². The Labute approximate surface area is 138 Å². The Bertz CT molecular complexity index is 773. The molecule has 0 saturated heterocycles. The molecular weight excluding hydrogens is 318 g/mol. The fraction of sp³-hybridized carbons (Fsp3) is 0.267. The lowest BCUT2D eigenvalue weighted by Crippen LogP contribution is -2.73. The number of hydrogen-bond acceptors (Lipinski definition) is 3. The molecule has 8 heteroatoms. The third-order valence-corrected chi connectivity index (χ3v) is 3.22. The standard InChI is InChI=1S/C15H18ClN5O2/c1-3-4-10-8-13(22)20-15(18-10)21-14(17)19-11-7-9(16)5-6-12(11)23-2/h5-8H,3-4H2,1-2H3,(H4,17,18,19,20,21,22)/p+1. The van der Waals surface area contributed by atoms with Crippen molar-refractivity contribution in [2.24, 2.45) is 5.73 Å². The molecule has 0 saturated carbocycles. The zero-order valence-corrected chi connectivity index (χ0v) is 13.7. The first-order chi connectivity index (χ1) is 11.0. The Balaban J connectivity index is 2.27. The second-order valence-electron chi connectivity index (χ2n) is 4.84. The van der Waals surface area contributed by atoms with Crippen LogP contribution in [0, 0.1) is 0 Å². The second-order valence-corrected chi connectivity index (χ2v) is 5.28. The van der Waals surface area contributed by atoms with Gasteiger partial charge in [0.1, 0.15) is 5.69 Å². The number of methoxy groups -OCH3 is 1. The Hall–Kier alpha value is -2.54. The number of ether oxygens (including phenoxy) is 1. The minimum absolute atomic E-state index is 0.183. The van der Waals surface area contributed by atoms with Gasteiger partial charge in [0, 0.05) is 11.1 Å².